The van der Waals surface area contributed by atoms with E-state index in [-0.39, 0.29) is 5.82 Å². The van der Waals surface area contributed by atoms with E-state index < -0.39 is 0 Å². The number of aromatic amines is 1. The lowest BCUT2D eigenvalue weighted by Crippen LogP contribution is -2.32. The fourth-order valence-corrected chi connectivity index (χ4v) is 6.02. The van der Waals surface area contributed by atoms with Gasteiger partial charge in [-0.25, -0.2) is 19.3 Å². The minimum Gasteiger partial charge on any atom is -0.345 e. The van der Waals surface area contributed by atoms with Gasteiger partial charge in [-0.2, -0.15) is 0 Å². The molecule has 164 valence electrons. The number of hydrogen-bond acceptors (Lipinski definition) is 4. The van der Waals surface area contributed by atoms with Crippen molar-refractivity contribution in [2.75, 3.05) is 0 Å². The van der Waals surface area contributed by atoms with Gasteiger partial charge < -0.3 is 9.55 Å². The zero-order valence-electron chi connectivity index (χ0n) is 18.1. The third-order valence-electron chi connectivity index (χ3n) is 7.67. The summed E-state index contributed by atoms with van der Waals surface area (Å²) in [7, 11) is 0. The summed E-state index contributed by atoms with van der Waals surface area (Å²) in [5.74, 6) is 1.72. The van der Waals surface area contributed by atoms with E-state index in [1.54, 1.807) is 0 Å². The maximum atomic E-state index is 13.9. The number of nitrogens with one attached hydrogen (secondary N) is 1. The van der Waals surface area contributed by atoms with E-state index >= 15 is 0 Å². The first-order valence-electron chi connectivity index (χ1n) is 11.7. The quantitative estimate of drug-likeness (QED) is 0.379. The number of fused-ring (bicyclic) bond motifs is 5. The number of halogens is 1. The molecule has 0 unspecified atom stereocenters. The summed E-state index contributed by atoms with van der Waals surface area (Å²) < 4.78 is 16.3. The van der Waals surface area contributed by atoms with Crippen LogP contribution in [0.1, 0.15) is 38.1 Å². The second-order valence-electron chi connectivity index (χ2n) is 9.45. The predicted molar refractivity (Wildman–Crippen MR) is 125 cm³/mol. The van der Waals surface area contributed by atoms with Gasteiger partial charge in [0.1, 0.15) is 17.1 Å². The smallest absolute Gasteiger partial charge is 0.163 e. The number of rotatable bonds is 3. The highest BCUT2D eigenvalue weighted by Crippen LogP contribution is 2.49. The SMILES string of the molecule is Fc1cnc2[nH]cc(-c3ncc4c(-c5ccncc5)cn([C@H]5CC6CCC5CC6)c4n3)c2c1. The van der Waals surface area contributed by atoms with Gasteiger partial charge in [-0.05, 0) is 54.9 Å². The van der Waals surface area contributed by atoms with Gasteiger partial charge in [-0.1, -0.05) is 12.8 Å². The molecule has 5 aromatic rings. The fraction of sp³-hybridized carbons (Fsp3) is 0.308. The van der Waals surface area contributed by atoms with Gasteiger partial charge in [-0.3, -0.25) is 4.98 Å². The third-order valence-corrected chi connectivity index (χ3v) is 7.67. The highest BCUT2D eigenvalue weighted by Gasteiger charge is 2.37. The first-order valence-corrected chi connectivity index (χ1v) is 11.7. The van der Waals surface area contributed by atoms with Crippen LogP contribution < -0.4 is 0 Å². The number of hydrogen-bond donors (Lipinski definition) is 1. The van der Waals surface area contributed by atoms with E-state index in [9.17, 15) is 4.39 Å². The van der Waals surface area contributed by atoms with E-state index in [0.29, 0.717) is 28.8 Å². The van der Waals surface area contributed by atoms with Crippen LogP contribution in [0.5, 0.6) is 0 Å². The third kappa shape index (κ3) is 2.98. The molecule has 3 aliphatic carbocycles. The molecular weight excluding hydrogens is 415 g/mol. The molecule has 1 N–H and O–H groups in total. The Labute approximate surface area is 189 Å². The molecule has 5 heterocycles. The topological polar surface area (TPSA) is 72.3 Å². The molecular formula is C26H23FN6. The van der Waals surface area contributed by atoms with Gasteiger partial charge in [0.25, 0.3) is 0 Å². The molecule has 0 aliphatic heterocycles. The van der Waals surface area contributed by atoms with Crippen molar-refractivity contribution in [2.45, 2.75) is 38.1 Å². The van der Waals surface area contributed by atoms with Crippen LogP contribution in [0.3, 0.4) is 0 Å². The Morgan fingerprint density at radius 3 is 2.61 bits per heavy atom. The molecule has 0 saturated heterocycles. The Morgan fingerprint density at radius 1 is 0.970 bits per heavy atom. The Hall–Kier alpha value is -3.61. The summed E-state index contributed by atoms with van der Waals surface area (Å²) in [5, 5.41) is 1.73. The highest BCUT2D eigenvalue weighted by atomic mass is 19.1. The van der Waals surface area contributed by atoms with E-state index in [0.717, 1.165) is 33.6 Å². The molecule has 7 heteroatoms. The van der Waals surface area contributed by atoms with Gasteiger partial charge in [0, 0.05) is 58.9 Å². The van der Waals surface area contributed by atoms with Crippen molar-refractivity contribution >= 4 is 22.1 Å². The number of pyridine rings is 2. The summed E-state index contributed by atoms with van der Waals surface area (Å²) in [5.41, 5.74) is 4.59. The zero-order valence-corrected chi connectivity index (χ0v) is 18.1. The lowest BCUT2D eigenvalue weighted by molar-refractivity contribution is 0.108. The molecule has 33 heavy (non-hydrogen) atoms. The van der Waals surface area contributed by atoms with Gasteiger partial charge in [0.15, 0.2) is 5.82 Å². The number of nitrogens with zero attached hydrogens (tertiary/aromatic N) is 5. The van der Waals surface area contributed by atoms with Crippen LogP contribution in [0.2, 0.25) is 0 Å². The van der Waals surface area contributed by atoms with Crippen LogP contribution in [-0.2, 0) is 0 Å². The molecule has 3 saturated carbocycles. The molecule has 6 nitrogen and oxygen atoms in total. The van der Waals surface area contributed by atoms with Crippen LogP contribution in [-0.4, -0.2) is 29.5 Å². The van der Waals surface area contributed by atoms with Crippen LogP contribution in [0, 0.1) is 17.7 Å². The van der Waals surface area contributed by atoms with Crippen LogP contribution >= 0.6 is 0 Å². The van der Waals surface area contributed by atoms with Crippen LogP contribution in [0.25, 0.3) is 44.6 Å². The van der Waals surface area contributed by atoms with Crippen molar-refractivity contribution in [3.63, 3.8) is 0 Å². The van der Waals surface area contributed by atoms with E-state index in [1.807, 2.05) is 36.9 Å². The second kappa shape index (κ2) is 7.20. The first kappa shape index (κ1) is 18.9. The molecule has 0 radical (unpaired) electrons. The molecule has 3 fully saturated rings. The van der Waals surface area contributed by atoms with Gasteiger partial charge in [0.2, 0.25) is 0 Å². The molecule has 2 bridgehead atoms. The van der Waals surface area contributed by atoms with E-state index in [1.165, 1.54) is 44.4 Å². The van der Waals surface area contributed by atoms with E-state index in [2.05, 4.69) is 25.7 Å². The summed E-state index contributed by atoms with van der Waals surface area (Å²) in [6.45, 7) is 0. The number of H-pyrrole nitrogens is 1. The molecule has 0 aromatic carbocycles. The van der Waals surface area contributed by atoms with Crippen molar-refractivity contribution < 1.29 is 4.39 Å². The monoisotopic (exact) mass is 438 g/mol. The Kier molecular flexibility index (Phi) is 4.13. The van der Waals surface area contributed by atoms with E-state index in [4.69, 9.17) is 9.97 Å². The molecule has 8 rings (SSSR count). The number of aromatic nitrogens is 6. The summed E-state index contributed by atoms with van der Waals surface area (Å²) >= 11 is 0. The van der Waals surface area contributed by atoms with Gasteiger partial charge in [0.05, 0.1) is 6.20 Å². The highest BCUT2D eigenvalue weighted by molar-refractivity contribution is 5.96. The maximum absolute atomic E-state index is 13.9. The van der Waals surface area contributed by atoms with Crippen LogP contribution in [0.15, 0.2) is 55.4 Å². The van der Waals surface area contributed by atoms with Crippen molar-refractivity contribution in [1.29, 1.82) is 0 Å². The zero-order chi connectivity index (χ0) is 21.9. The lowest BCUT2D eigenvalue weighted by atomic mass is 9.68. The fourth-order valence-electron chi connectivity index (χ4n) is 6.02. The van der Waals surface area contributed by atoms with Gasteiger partial charge in [-0.15, -0.1) is 0 Å². The average Bonchev–Trinajstić information content (AvgIpc) is 3.46. The van der Waals surface area contributed by atoms with Crippen molar-refractivity contribution in [1.82, 2.24) is 29.5 Å². The molecule has 5 aromatic heterocycles. The molecule has 0 amide bonds. The standard InChI is InChI=1S/C26H23FN6/c27-18-10-19-20(12-30-24(19)29-11-18)25-31-13-21-22(16-5-7-28-8-6-16)14-33(26(21)32-25)23-9-15-1-3-17(23)4-2-15/h5-8,10-15,17,23H,1-4,9H2,(H,29,30)/t15?,17?,23-/m0/s1. The normalized spacial score (nSPS) is 22.4. The van der Waals surface area contributed by atoms with Crippen LogP contribution in [0.4, 0.5) is 4.39 Å². The first-order chi connectivity index (χ1) is 16.2. The Balaban J connectivity index is 1.44. The Morgan fingerprint density at radius 2 is 1.82 bits per heavy atom. The van der Waals surface area contributed by atoms with Crippen molar-refractivity contribution in [3.8, 4) is 22.5 Å². The summed E-state index contributed by atoms with van der Waals surface area (Å²) in [6.07, 6.45) is 17.4. The second-order valence-corrected chi connectivity index (χ2v) is 9.45. The molecule has 1 atom stereocenters. The summed E-state index contributed by atoms with van der Waals surface area (Å²) in [4.78, 5) is 21.2. The predicted octanol–water partition coefficient (Wildman–Crippen LogP) is 5.93. The minimum atomic E-state index is -0.369. The van der Waals surface area contributed by atoms with Crippen molar-refractivity contribution in [2.24, 2.45) is 11.8 Å². The average molecular weight is 439 g/mol. The summed E-state index contributed by atoms with van der Waals surface area (Å²) in [6, 6.07) is 6.02. The van der Waals surface area contributed by atoms with Gasteiger partial charge >= 0.3 is 0 Å². The minimum absolute atomic E-state index is 0.369. The Bertz CT molecular complexity index is 1480. The maximum Gasteiger partial charge on any atom is 0.163 e. The van der Waals surface area contributed by atoms with Crippen molar-refractivity contribution in [3.05, 3.63) is 61.2 Å². The molecule has 3 aliphatic rings. The molecule has 0 spiro atoms. The lowest BCUT2D eigenvalue weighted by Gasteiger charge is -2.43. The largest absolute Gasteiger partial charge is 0.345 e.